The Morgan fingerprint density at radius 2 is 1.73 bits per heavy atom. The smallest absolute Gasteiger partial charge is 0.356 e. The number of nitrogens with one attached hydrogen (secondary N) is 2. The Balaban J connectivity index is 1.67. The Morgan fingerprint density at radius 3 is 2.36 bits per heavy atom. The number of amides is 1. The molecule has 3 rings (SSSR count). The molecular weight excluding hydrogens is 430 g/mol. The first kappa shape index (κ1) is 23.5. The first-order valence-electron chi connectivity index (χ1n) is 10.1. The van der Waals surface area contributed by atoms with Crippen LogP contribution in [-0.4, -0.2) is 47.0 Å². The number of Topliss-reactive ketones (excluding diaryl/α,β-unsaturated/α-hetero) is 1. The summed E-state index contributed by atoms with van der Waals surface area (Å²) < 4.78 is 15.4. The van der Waals surface area contributed by atoms with E-state index in [0.717, 1.165) is 11.1 Å². The molecule has 2 aromatic heterocycles. The van der Waals surface area contributed by atoms with Gasteiger partial charge in [0.05, 0.1) is 17.9 Å². The molecule has 0 saturated carbocycles. The van der Waals surface area contributed by atoms with Crippen LogP contribution in [0.15, 0.2) is 34.7 Å². The van der Waals surface area contributed by atoms with E-state index in [4.69, 9.17) is 13.9 Å². The number of ketones is 1. The molecule has 3 aromatic rings. The molecule has 2 heterocycles. The third-order valence-corrected chi connectivity index (χ3v) is 4.65. The lowest BCUT2D eigenvalue weighted by Gasteiger charge is -2.06. The SMILES string of the molecule is CCOC(=O)c1c(NC(=O)COC(=O)c2cc(-c3ccc(C)cc3)n[nH]2)oc(C)c1C(C)=O. The Labute approximate surface area is 189 Å². The molecule has 0 saturated heterocycles. The number of aryl methyl sites for hydroxylation is 2. The van der Waals surface area contributed by atoms with Crippen LogP contribution in [-0.2, 0) is 14.3 Å². The molecule has 10 nitrogen and oxygen atoms in total. The van der Waals surface area contributed by atoms with Crippen molar-refractivity contribution in [1.29, 1.82) is 0 Å². The molecule has 2 N–H and O–H groups in total. The lowest BCUT2D eigenvalue weighted by Crippen LogP contribution is -2.22. The van der Waals surface area contributed by atoms with Gasteiger partial charge in [-0.05, 0) is 33.8 Å². The number of benzene rings is 1. The topological polar surface area (TPSA) is 141 Å². The molecule has 0 aliphatic carbocycles. The van der Waals surface area contributed by atoms with Crippen LogP contribution in [0, 0.1) is 13.8 Å². The maximum atomic E-state index is 12.3. The normalized spacial score (nSPS) is 10.5. The van der Waals surface area contributed by atoms with Gasteiger partial charge in [0.2, 0.25) is 5.88 Å². The third-order valence-electron chi connectivity index (χ3n) is 4.65. The van der Waals surface area contributed by atoms with Crippen LogP contribution in [0.25, 0.3) is 11.3 Å². The molecule has 0 fully saturated rings. The van der Waals surface area contributed by atoms with E-state index < -0.39 is 30.2 Å². The number of aromatic nitrogens is 2. The molecule has 0 aliphatic heterocycles. The van der Waals surface area contributed by atoms with E-state index in [1.807, 2.05) is 31.2 Å². The standard InChI is InChI=1S/C23H23N3O7/c1-5-31-23(30)20-19(13(3)27)14(4)33-21(20)24-18(28)11-32-22(29)17-10-16(25-26-17)15-8-6-12(2)7-9-15/h6-10H,5,11H2,1-4H3,(H,24,28)(H,25,26). The quantitative estimate of drug-likeness (QED) is 0.390. The largest absolute Gasteiger partial charge is 0.462 e. The van der Waals surface area contributed by atoms with Crippen molar-refractivity contribution in [3.05, 3.63) is 58.5 Å². The second kappa shape index (κ2) is 9.94. The molecule has 0 unspecified atom stereocenters. The highest BCUT2D eigenvalue weighted by Crippen LogP contribution is 2.28. The maximum Gasteiger partial charge on any atom is 0.356 e. The minimum absolute atomic E-state index is 0.0156. The summed E-state index contributed by atoms with van der Waals surface area (Å²) in [5.41, 5.74) is 2.36. The van der Waals surface area contributed by atoms with Crippen molar-refractivity contribution < 1.29 is 33.1 Å². The summed E-state index contributed by atoms with van der Waals surface area (Å²) in [5.74, 6) is -2.89. The van der Waals surface area contributed by atoms with Crippen LogP contribution in [0.3, 0.4) is 0 Å². The van der Waals surface area contributed by atoms with Crippen LogP contribution in [0.5, 0.6) is 0 Å². The van der Waals surface area contributed by atoms with Crippen molar-refractivity contribution in [2.45, 2.75) is 27.7 Å². The van der Waals surface area contributed by atoms with E-state index >= 15 is 0 Å². The Hall–Kier alpha value is -4.21. The fraction of sp³-hybridized carbons (Fsp3) is 0.261. The van der Waals surface area contributed by atoms with Crippen LogP contribution >= 0.6 is 0 Å². The van der Waals surface area contributed by atoms with E-state index in [-0.39, 0.29) is 35.1 Å². The van der Waals surface area contributed by atoms with E-state index in [0.29, 0.717) is 5.69 Å². The number of H-pyrrole nitrogens is 1. The van der Waals surface area contributed by atoms with Crippen molar-refractivity contribution in [1.82, 2.24) is 10.2 Å². The summed E-state index contributed by atoms with van der Waals surface area (Å²) in [6, 6.07) is 9.10. The fourth-order valence-corrected chi connectivity index (χ4v) is 3.12. The summed E-state index contributed by atoms with van der Waals surface area (Å²) in [7, 11) is 0. The van der Waals surface area contributed by atoms with Crippen molar-refractivity contribution in [3.8, 4) is 11.3 Å². The third kappa shape index (κ3) is 5.35. The monoisotopic (exact) mass is 453 g/mol. The zero-order valence-corrected chi connectivity index (χ0v) is 18.6. The summed E-state index contributed by atoms with van der Waals surface area (Å²) >= 11 is 0. The van der Waals surface area contributed by atoms with Gasteiger partial charge in [-0.1, -0.05) is 29.8 Å². The summed E-state index contributed by atoms with van der Waals surface area (Å²) in [6.07, 6.45) is 0. The van der Waals surface area contributed by atoms with Crippen LogP contribution in [0.2, 0.25) is 0 Å². The zero-order valence-electron chi connectivity index (χ0n) is 18.6. The second-order valence-electron chi connectivity index (χ2n) is 7.17. The number of ether oxygens (including phenoxy) is 2. The predicted molar refractivity (Wildman–Crippen MR) is 117 cm³/mol. The summed E-state index contributed by atoms with van der Waals surface area (Å²) in [6.45, 7) is 5.73. The van der Waals surface area contributed by atoms with Gasteiger partial charge < -0.3 is 13.9 Å². The van der Waals surface area contributed by atoms with Crippen molar-refractivity contribution in [2.24, 2.45) is 0 Å². The number of hydrogen-bond acceptors (Lipinski definition) is 8. The first-order chi connectivity index (χ1) is 15.7. The van der Waals surface area contributed by atoms with Gasteiger partial charge in [-0.2, -0.15) is 5.10 Å². The molecule has 0 spiro atoms. The summed E-state index contributed by atoms with van der Waals surface area (Å²) in [5, 5.41) is 9.01. The Bertz CT molecular complexity index is 1210. The highest BCUT2D eigenvalue weighted by Gasteiger charge is 2.29. The van der Waals surface area contributed by atoms with Crippen LogP contribution in [0.1, 0.15) is 56.4 Å². The number of hydrogen-bond donors (Lipinski definition) is 2. The van der Waals surface area contributed by atoms with Crippen molar-refractivity contribution in [2.75, 3.05) is 18.5 Å². The lowest BCUT2D eigenvalue weighted by molar-refractivity contribution is -0.119. The minimum atomic E-state index is -0.812. The Kier molecular flexibility index (Phi) is 7.07. The van der Waals surface area contributed by atoms with Crippen LogP contribution in [0.4, 0.5) is 5.88 Å². The molecule has 1 aromatic carbocycles. The van der Waals surface area contributed by atoms with Gasteiger partial charge in [0.1, 0.15) is 17.0 Å². The van der Waals surface area contributed by atoms with Gasteiger partial charge in [0, 0.05) is 5.56 Å². The molecule has 0 atom stereocenters. The number of carbonyl (C=O) groups excluding carboxylic acids is 4. The molecule has 0 bridgehead atoms. The van der Waals surface area contributed by atoms with Gasteiger partial charge in [-0.25, -0.2) is 9.59 Å². The zero-order chi connectivity index (χ0) is 24.1. The molecular formula is C23H23N3O7. The van der Waals surface area contributed by atoms with E-state index in [9.17, 15) is 19.2 Å². The van der Waals surface area contributed by atoms with Gasteiger partial charge in [-0.15, -0.1) is 0 Å². The molecule has 33 heavy (non-hydrogen) atoms. The molecule has 1 amide bonds. The first-order valence-corrected chi connectivity index (χ1v) is 10.1. The average Bonchev–Trinajstić information content (AvgIpc) is 3.37. The van der Waals surface area contributed by atoms with Crippen LogP contribution < -0.4 is 5.32 Å². The van der Waals surface area contributed by atoms with E-state index in [1.54, 1.807) is 6.92 Å². The highest BCUT2D eigenvalue weighted by molar-refractivity contribution is 6.10. The fourth-order valence-electron chi connectivity index (χ4n) is 3.12. The number of aromatic amines is 1. The molecule has 0 radical (unpaired) electrons. The number of nitrogens with zero attached hydrogens (tertiary/aromatic N) is 1. The van der Waals surface area contributed by atoms with E-state index in [2.05, 4.69) is 15.5 Å². The molecule has 10 heteroatoms. The molecule has 172 valence electrons. The number of esters is 2. The Morgan fingerprint density at radius 1 is 1.03 bits per heavy atom. The van der Waals surface area contributed by atoms with Crippen molar-refractivity contribution >= 4 is 29.5 Å². The van der Waals surface area contributed by atoms with E-state index in [1.165, 1.54) is 19.9 Å². The van der Waals surface area contributed by atoms with Gasteiger partial charge in [-0.3, -0.25) is 20.0 Å². The lowest BCUT2D eigenvalue weighted by atomic mass is 10.1. The van der Waals surface area contributed by atoms with Gasteiger partial charge in [0.15, 0.2) is 12.4 Å². The summed E-state index contributed by atoms with van der Waals surface area (Å²) in [4.78, 5) is 48.8. The van der Waals surface area contributed by atoms with Crippen molar-refractivity contribution in [3.63, 3.8) is 0 Å². The van der Waals surface area contributed by atoms with Gasteiger partial charge >= 0.3 is 11.9 Å². The number of carbonyl (C=O) groups is 4. The minimum Gasteiger partial charge on any atom is -0.462 e. The van der Waals surface area contributed by atoms with Gasteiger partial charge in [0.25, 0.3) is 5.91 Å². The maximum absolute atomic E-state index is 12.3. The second-order valence-corrected chi connectivity index (χ2v) is 7.17. The average molecular weight is 453 g/mol. The number of furan rings is 1. The predicted octanol–water partition coefficient (Wildman–Crippen LogP) is 3.46. The number of anilines is 1. The highest BCUT2D eigenvalue weighted by atomic mass is 16.5. The molecule has 0 aliphatic rings. The number of rotatable bonds is 8.